The fourth-order valence-electron chi connectivity index (χ4n) is 2.59. The molecule has 0 saturated heterocycles. The average Bonchev–Trinajstić information content (AvgIpc) is 2.71. The summed E-state index contributed by atoms with van der Waals surface area (Å²) in [6.07, 6.45) is -0.352. The van der Waals surface area contributed by atoms with Crippen molar-refractivity contribution < 1.29 is 29.4 Å². The highest BCUT2D eigenvalue weighted by molar-refractivity contribution is 5.94. The second-order valence-electron chi connectivity index (χ2n) is 7.72. The second-order valence-corrected chi connectivity index (χ2v) is 7.72. The molecule has 13 heteroatoms. The van der Waals surface area contributed by atoms with Gasteiger partial charge in [-0.2, -0.15) is 0 Å². The predicted octanol–water partition coefficient (Wildman–Crippen LogP) is -2.65. The Hall–Kier alpha value is -2.93. The molecule has 0 saturated carbocycles. The quantitative estimate of drug-likeness (QED) is 0.0768. The van der Waals surface area contributed by atoms with Crippen molar-refractivity contribution in [2.24, 2.45) is 28.1 Å². The fraction of sp³-hybridized carbons (Fsp3) is 0.737. The molecule has 13 nitrogen and oxygen atoms in total. The summed E-state index contributed by atoms with van der Waals surface area (Å²) in [5.74, 6) is -3.68. The van der Waals surface area contributed by atoms with Crippen LogP contribution >= 0.6 is 0 Å². The lowest BCUT2D eigenvalue weighted by Crippen LogP contribution is -2.59. The molecule has 0 heterocycles. The number of hydrogen-bond donors (Lipinski definition) is 8. The summed E-state index contributed by atoms with van der Waals surface area (Å²) in [5, 5.41) is 26.3. The van der Waals surface area contributed by atoms with E-state index in [1.807, 2.05) is 6.92 Å². The van der Waals surface area contributed by atoms with E-state index in [4.69, 9.17) is 17.2 Å². The summed E-state index contributed by atoms with van der Waals surface area (Å²) in [4.78, 5) is 52.3. The van der Waals surface area contributed by atoms with Gasteiger partial charge < -0.3 is 43.4 Å². The molecule has 32 heavy (non-hydrogen) atoms. The normalized spacial score (nSPS) is 16.4. The van der Waals surface area contributed by atoms with Crippen molar-refractivity contribution in [1.29, 1.82) is 0 Å². The van der Waals surface area contributed by atoms with E-state index < -0.39 is 54.0 Å². The van der Waals surface area contributed by atoms with Crippen LogP contribution in [0.1, 0.15) is 47.0 Å². The summed E-state index contributed by atoms with van der Waals surface area (Å²) in [6.45, 7) is 6.52. The number of carboxylic acids is 1. The standard InChI is InChI=1S/C19H37N7O6/c1-5-9(2)13(20)16(29)24-10(3)15(28)26-14(11(4)27)17(30)25-12(18(31)32)7-6-8-23-19(21)22/h9-14,27H,5-8,20H2,1-4H3,(H,24,29)(H,25,30)(H,26,28)(H,31,32)(H4,21,22,23). The van der Waals surface area contributed by atoms with Gasteiger partial charge in [-0.3, -0.25) is 19.4 Å². The smallest absolute Gasteiger partial charge is 0.326 e. The van der Waals surface area contributed by atoms with Crippen molar-refractivity contribution in [1.82, 2.24) is 16.0 Å². The predicted molar refractivity (Wildman–Crippen MR) is 118 cm³/mol. The van der Waals surface area contributed by atoms with Gasteiger partial charge in [0.15, 0.2) is 5.96 Å². The molecule has 0 spiro atoms. The first-order valence-electron chi connectivity index (χ1n) is 10.4. The van der Waals surface area contributed by atoms with Gasteiger partial charge in [0.1, 0.15) is 18.1 Å². The molecule has 0 aliphatic heterocycles. The van der Waals surface area contributed by atoms with E-state index in [-0.39, 0.29) is 31.3 Å². The first-order valence-corrected chi connectivity index (χ1v) is 10.4. The molecule has 0 aromatic heterocycles. The van der Waals surface area contributed by atoms with Crippen LogP contribution in [-0.2, 0) is 19.2 Å². The van der Waals surface area contributed by atoms with E-state index in [0.717, 1.165) is 0 Å². The van der Waals surface area contributed by atoms with E-state index in [1.54, 1.807) is 6.92 Å². The van der Waals surface area contributed by atoms with E-state index in [2.05, 4.69) is 20.9 Å². The maximum absolute atomic E-state index is 12.5. The van der Waals surface area contributed by atoms with Gasteiger partial charge >= 0.3 is 5.97 Å². The lowest BCUT2D eigenvalue weighted by Gasteiger charge is -2.25. The Bertz CT molecular complexity index is 681. The number of aliphatic imine (C=N–C) groups is 1. The number of carbonyl (C=O) groups excluding carboxylic acids is 3. The molecule has 6 atom stereocenters. The van der Waals surface area contributed by atoms with Crippen LogP contribution < -0.4 is 33.2 Å². The van der Waals surface area contributed by atoms with Gasteiger partial charge in [0, 0.05) is 6.54 Å². The molecule has 184 valence electrons. The molecule has 0 aromatic rings. The number of rotatable bonds is 14. The van der Waals surface area contributed by atoms with Gasteiger partial charge in [0.25, 0.3) is 0 Å². The van der Waals surface area contributed by atoms with E-state index in [1.165, 1.54) is 13.8 Å². The molecule has 0 aliphatic rings. The van der Waals surface area contributed by atoms with Crippen LogP contribution in [0.15, 0.2) is 4.99 Å². The zero-order valence-corrected chi connectivity index (χ0v) is 19.0. The van der Waals surface area contributed by atoms with E-state index >= 15 is 0 Å². The number of amides is 3. The van der Waals surface area contributed by atoms with Gasteiger partial charge in [0.2, 0.25) is 17.7 Å². The molecule has 0 aromatic carbocycles. The molecule has 0 fully saturated rings. The third-order valence-electron chi connectivity index (χ3n) is 4.93. The number of carbonyl (C=O) groups is 4. The molecule has 0 rings (SSSR count). The number of hydrogen-bond acceptors (Lipinski definition) is 7. The van der Waals surface area contributed by atoms with Crippen molar-refractivity contribution in [2.75, 3.05) is 6.54 Å². The molecular weight excluding hydrogens is 422 g/mol. The monoisotopic (exact) mass is 459 g/mol. The van der Waals surface area contributed by atoms with E-state index in [0.29, 0.717) is 6.42 Å². The zero-order valence-electron chi connectivity index (χ0n) is 19.0. The minimum absolute atomic E-state index is 0.0261. The molecule has 3 amide bonds. The van der Waals surface area contributed by atoms with Crippen molar-refractivity contribution in [3.8, 4) is 0 Å². The first kappa shape index (κ1) is 29.1. The van der Waals surface area contributed by atoms with Crippen LogP contribution in [0.4, 0.5) is 0 Å². The van der Waals surface area contributed by atoms with Crippen LogP contribution in [0.25, 0.3) is 0 Å². The Labute approximate surface area is 187 Å². The number of nitrogens with two attached hydrogens (primary N) is 3. The van der Waals surface area contributed by atoms with Gasteiger partial charge in [-0.1, -0.05) is 20.3 Å². The minimum atomic E-state index is -1.44. The number of carboxylic acid groups (broad SMARTS) is 1. The molecule has 0 aliphatic carbocycles. The molecule has 0 bridgehead atoms. The van der Waals surface area contributed by atoms with Gasteiger partial charge in [-0.15, -0.1) is 0 Å². The highest BCUT2D eigenvalue weighted by Gasteiger charge is 2.31. The van der Waals surface area contributed by atoms with Crippen LogP contribution in [0.2, 0.25) is 0 Å². The third kappa shape index (κ3) is 10.4. The summed E-state index contributed by atoms with van der Waals surface area (Å²) in [7, 11) is 0. The van der Waals surface area contributed by atoms with Gasteiger partial charge in [0.05, 0.1) is 12.1 Å². The topological polar surface area (TPSA) is 235 Å². The first-order chi connectivity index (χ1) is 14.8. The van der Waals surface area contributed by atoms with Crippen molar-refractivity contribution in [2.45, 2.75) is 77.2 Å². The molecule has 0 radical (unpaired) electrons. The minimum Gasteiger partial charge on any atom is -0.480 e. The number of nitrogens with zero attached hydrogens (tertiary/aromatic N) is 1. The van der Waals surface area contributed by atoms with Crippen LogP contribution in [0, 0.1) is 5.92 Å². The average molecular weight is 460 g/mol. The highest BCUT2D eigenvalue weighted by Crippen LogP contribution is 2.06. The molecule has 11 N–H and O–H groups in total. The Morgan fingerprint density at radius 3 is 2.03 bits per heavy atom. The van der Waals surface area contributed by atoms with Crippen LogP contribution in [0.5, 0.6) is 0 Å². The van der Waals surface area contributed by atoms with Crippen molar-refractivity contribution in [3.05, 3.63) is 0 Å². The number of guanidine groups is 1. The van der Waals surface area contributed by atoms with Crippen molar-refractivity contribution in [3.63, 3.8) is 0 Å². The lowest BCUT2D eigenvalue weighted by molar-refractivity contribution is -0.143. The third-order valence-corrected chi connectivity index (χ3v) is 4.93. The molecular formula is C19H37N7O6. The zero-order chi connectivity index (χ0) is 25.0. The van der Waals surface area contributed by atoms with Crippen LogP contribution in [-0.4, -0.2) is 76.7 Å². The summed E-state index contributed by atoms with van der Waals surface area (Å²) in [6, 6.07) is -4.56. The number of aliphatic hydroxyl groups excluding tert-OH is 1. The summed E-state index contributed by atoms with van der Waals surface area (Å²) >= 11 is 0. The van der Waals surface area contributed by atoms with Crippen molar-refractivity contribution >= 4 is 29.7 Å². The fourth-order valence-corrected chi connectivity index (χ4v) is 2.59. The maximum atomic E-state index is 12.5. The molecule has 6 unspecified atom stereocenters. The SMILES string of the molecule is CCC(C)C(N)C(=O)NC(C)C(=O)NC(C(=O)NC(CCCN=C(N)N)C(=O)O)C(C)O. The highest BCUT2D eigenvalue weighted by atomic mass is 16.4. The second kappa shape index (κ2) is 14.2. The summed E-state index contributed by atoms with van der Waals surface area (Å²) < 4.78 is 0. The lowest BCUT2D eigenvalue weighted by atomic mass is 9.99. The van der Waals surface area contributed by atoms with Gasteiger partial charge in [-0.25, -0.2) is 4.79 Å². The Morgan fingerprint density at radius 1 is 0.969 bits per heavy atom. The largest absolute Gasteiger partial charge is 0.480 e. The number of aliphatic carboxylic acids is 1. The van der Waals surface area contributed by atoms with Crippen LogP contribution in [0.3, 0.4) is 0 Å². The Balaban J connectivity index is 5.03. The number of aliphatic hydroxyl groups is 1. The Morgan fingerprint density at radius 2 is 1.56 bits per heavy atom. The van der Waals surface area contributed by atoms with Gasteiger partial charge in [-0.05, 0) is 32.6 Å². The summed E-state index contributed by atoms with van der Waals surface area (Å²) in [5.41, 5.74) is 16.2. The Kier molecular flexibility index (Phi) is 12.9. The van der Waals surface area contributed by atoms with E-state index in [9.17, 15) is 29.4 Å². The maximum Gasteiger partial charge on any atom is 0.326 e. The number of nitrogens with one attached hydrogen (secondary N) is 3.